The summed E-state index contributed by atoms with van der Waals surface area (Å²) in [6.07, 6.45) is 5.13. The van der Waals surface area contributed by atoms with Crippen LogP contribution in [-0.2, 0) is 0 Å². The van der Waals surface area contributed by atoms with Gasteiger partial charge in [0.1, 0.15) is 29.6 Å². The molecule has 5 rings (SSSR count). The van der Waals surface area contributed by atoms with Crippen LogP contribution in [0, 0.1) is 0 Å². The fraction of sp³-hybridized carbons (Fsp3) is 0.333. The van der Waals surface area contributed by atoms with Gasteiger partial charge in [0.2, 0.25) is 0 Å². The fourth-order valence-corrected chi connectivity index (χ4v) is 5.66. The minimum Gasteiger partial charge on any atom is -0.497 e. The molecule has 0 spiro atoms. The number of hydrogen-bond acceptors (Lipinski definition) is 5. The van der Waals surface area contributed by atoms with Crippen LogP contribution in [0.3, 0.4) is 0 Å². The second-order valence-electron chi connectivity index (χ2n) is 9.73. The molecule has 4 aromatic rings. The molecule has 1 aliphatic heterocycles. The number of likely N-dealkylation sites (tertiary alicyclic amines) is 1. The first kappa shape index (κ1) is 26.5. The number of hydrogen-bond donors (Lipinski definition) is 0. The van der Waals surface area contributed by atoms with E-state index < -0.39 is 0 Å². The summed E-state index contributed by atoms with van der Waals surface area (Å²) < 4.78 is 18.1. The third-order valence-electron chi connectivity index (χ3n) is 6.98. The van der Waals surface area contributed by atoms with Crippen LogP contribution < -0.4 is 14.2 Å². The van der Waals surface area contributed by atoms with Gasteiger partial charge in [0.25, 0.3) is 0 Å². The first-order valence-corrected chi connectivity index (χ1v) is 14.7. The Labute approximate surface area is 230 Å². The number of thioether (sulfide) groups is 1. The van der Waals surface area contributed by atoms with Gasteiger partial charge in [-0.3, -0.25) is 4.90 Å². The lowest BCUT2D eigenvalue weighted by Crippen LogP contribution is -2.33. The Morgan fingerprint density at radius 1 is 0.789 bits per heavy atom. The monoisotopic (exact) mass is 527 g/mol. The van der Waals surface area contributed by atoms with Crippen LogP contribution in [-0.4, -0.2) is 44.0 Å². The molecule has 1 fully saturated rings. The second kappa shape index (κ2) is 13.1. The van der Waals surface area contributed by atoms with E-state index in [1.807, 2.05) is 42.1 Å². The zero-order valence-corrected chi connectivity index (χ0v) is 23.3. The maximum absolute atomic E-state index is 6.59. The minimum absolute atomic E-state index is 0.710. The van der Waals surface area contributed by atoms with Gasteiger partial charge in [0.15, 0.2) is 0 Å². The van der Waals surface area contributed by atoms with Crippen LogP contribution in [0.1, 0.15) is 32.6 Å². The average Bonchev–Trinajstić information content (AvgIpc) is 2.97. The van der Waals surface area contributed by atoms with Gasteiger partial charge in [-0.1, -0.05) is 31.5 Å². The number of fused-ring (bicyclic) bond motifs is 1. The van der Waals surface area contributed by atoms with Gasteiger partial charge < -0.3 is 14.2 Å². The summed E-state index contributed by atoms with van der Waals surface area (Å²) >= 11 is 1.89. The molecule has 4 nitrogen and oxygen atoms in total. The zero-order valence-electron chi connectivity index (χ0n) is 22.4. The lowest BCUT2D eigenvalue weighted by atomic mass is 9.99. The SMILES string of the molecule is CCCSc1ccc(-c2ccc3cc(OC)ccc3c2Oc2ccc(OCCN3CCCCC3)cc2)cc1. The van der Waals surface area contributed by atoms with E-state index in [0.29, 0.717) is 6.61 Å². The van der Waals surface area contributed by atoms with Gasteiger partial charge in [-0.25, -0.2) is 0 Å². The summed E-state index contributed by atoms with van der Waals surface area (Å²) in [5, 5.41) is 2.13. The molecule has 0 aliphatic carbocycles. The molecule has 1 heterocycles. The predicted molar refractivity (Wildman–Crippen MR) is 159 cm³/mol. The highest BCUT2D eigenvalue weighted by Gasteiger charge is 2.14. The van der Waals surface area contributed by atoms with Gasteiger partial charge in [-0.15, -0.1) is 11.8 Å². The van der Waals surface area contributed by atoms with E-state index in [9.17, 15) is 0 Å². The molecule has 0 unspecified atom stereocenters. The van der Waals surface area contributed by atoms with Crippen molar-refractivity contribution in [1.82, 2.24) is 4.90 Å². The number of piperidine rings is 1. The molecule has 38 heavy (non-hydrogen) atoms. The first-order valence-electron chi connectivity index (χ1n) is 13.7. The summed E-state index contributed by atoms with van der Waals surface area (Å²) in [7, 11) is 1.70. The van der Waals surface area contributed by atoms with Gasteiger partial charge in [0, 0.05) is 22.4 Å². The van der Waals surface area contributed by atoms with Crippen molar-refractivity contribution >= 4 is 22.5 Å². The Hall–Kier alpha value is -3.15. The highest BCUT2D eigenvalue weighted by atomic mass is 32.2. The number of nitrogens with zero attached hydrogens (tertiary/aromatic N) is 1. The molecule has 0 radical (unpaired) electrons. The molecular formula is C33H37NO3S. The predicted octanol–water partition coefficient (Wildman–Crippen LogP) is 8.67. The lowest BCUT2D eigenvalue weighted by Gasteiger charge is -2.26. The van der Waals surface area contributed by atoms with Crippen molar-refractivity contribution in [2.75, 3.05) is 39.1 Å². The number of benzene rings is 4. The molecule has 1 aliphatic rings. The van der Waals surface area contributed by atoms with Gasteiger partial charge in [-0.2, -0.15) is 0 Å². The van der Waals surface area contributed by atoms with Crippen LogP contribution >= 0.6 is 11.8 Å². The Kier molecular flexibility index (Phi) is 9.11. The largest absolute Gasteiger partial charge is 0.497 e. The van der Waals surface area contributed by atoms with Crippen molar-refractivity contribution in [2.24, 2.45) is 0 Å². The summed E-state index contributed by atoms with van der Waals surface area (Å²) in [6.45, 7) is 6.29. The number of rotatable bonds is 11. The third-order valence-corrected chi connectivity index (χ3v) is 8.20. The molecule has 198 valence electrons. The Morgan fingerprint density at radius 3 is 2.26 bits per heavy atom. The van der Waals surface area contributed by atoms with E-state index in [2.05, 4.69) is 60.4 Å². The Balaban J connectivity index is 1.37. The Bertz CT molecular complexity index is 1310. The van der Waals surface area contributed by atoms with Gasteiger partial charge in [-0.05, 0) is 110 Å². The molecule has 0 atom stereocenters. The molecule has 0 saturated carbocycles. The molecule has 0 N–H and O–H groups in total. The molecule has 0 amide bonds. The highest BCUT2D eigenvalue weighted by molar-refractivity contribution is 7.99. The topological polar surface area (TPSA) is 30.9 Å². The molecule has 5 heteroatoms. The Morgan fingerprint density at radius 2 is 1.53 bits per heavy atom. The summed E-state index contributed by atoms with van der Waals surface area (Å²) in [4.78, 5) is 3.78. The summed E-state index contributed by atoms with van der Waals surface area (Å²) in [6, 6.07) is 27.2. The van der Waals surface area contributed by atoms with Crippen LogP contribution in [0.2, 0.25) is 0 Å². The van der Waals surface area contributed by atoms with Gasteiger partial charge in [0.05, 0.1) is 7.11 Å². The van der Waals surface area contributed by atoms with E-state index in [1.165, 1.54) is 43.7 Å². The van der Waals surface area contributed by atoms with Gasteiger partial charge >= 0.3 is 0 Å². The van der Waals surface area contributed by atoms with E-state index in [-0.39, 0.29) is 0 Å². The van der Waals surface area contributed by atoms with E-state index in [1.54, 1.807) is 7.11 Å². The maximum Gasteiger partial charge on any atom is 0.143 e. The van der Waals surface area contributed by atoms with Crippen LogP contribution in [0.25, 0.3) is 21.9 Å². The normalized spacial score (nSPS) is 13.9. The van der Waals surface area contributed by atoms with Crippen LogP contribution in [0.5, 0.6) is 23.0 Å². The quantitative estimate of drug-likeness (QED) is 0.182. The zero-order chi connectivity index (χ0) is 26.2. The molecule has 0 aromatic heterocycles. The molecular weight excluding hydrogens is 490 g/mol. The number of methoxy groups -OCH3 is 1. The first-order chi connectivity index (χ1) is 18.7. The van der Waals surface area contributed by atoms with E-state index in [4.69, 9.17) is 14.2 Å². The third kappa shape index (κ3) is 6.64. The standard InChI is InChI=1S/C33H37NO3S/c1-3-23-38-30-15-7-25(8-16-30)31-17-9-26-24-29(35-2)14-18-32(26)33(31)37-28-12-10-27(11-13-28)36-22-21-34-19-5-4-6-20-34/h7-18,24H,3-6,19-23H2,1-2H3. The van der Waals surface area contributed by atoms with Crippen LogP contribution in [0.15, 0.2) is 83.8 Å². The average molecular weight is 528 g/mol. The molecule has 0 bridgehead atoms. The second-order valence-corrected chi connectivity index (χ2v) is 10.9. The van der Waals surface area contributed by atoms with Crippen molar-refractivity contribution in [3.8, 4) is 34.1 Å². The van der Waals surface area contributed by atoms with Crippen molar-refractivity contribution in [2.45, 2.75) is 37.5 Å². The summed E-state index contributed by atoms with van der Waals surface area (Å²) in [5.74, 6) is 4.46. The van der Waals surface area contributed by atoms with E-state index >= 15 is 0 Å². The van der Waals surface area contributed by atoms with Crippen molar-refractivity contribution in [3.05, 3.63) is 78.9 Å². The molecule has 1 saturated heterocycles. The highest BCUT2D eigenvalue weighted by Crippen LogP contribution is 2.41. The van der Waals surface area contributed by atoms with Crippen molar-refractivity contribution in [1.29, 1.82) is 0 Å². The lowest BCUT2D eigenvalue weighted by molar-refractivity contribution is 0.183. The number of ether oxygens (including phenoxy) is 3. The van der Waals surface area contributed by atoms with Crippen LogP contribution in [0.4, 0.5) is 0 Å². The smallest absolute Gasteiger partial charge is 0.143 e. The maximum atomic E-state index is 6.59. The minimum atomic E-state index is 0.710. The van der Waals surface area contributed by atoms with Crippen molar-refractivity contribution < 1.29 is 14.2 Å². The van der Waals surface area contributed by atoms with Crippen molar-refractivity contribution in [3.63, 3.8) is 0 Å². The molecule has 4 aromatic carbocycles. The fourth-order valence-electron chi connectivity index (χ4n) is 4.89. The van der Waals surface area contributed by atoms with E-state index in [0.717, 1.165) is 57.2 Å². The summed E-state index contributed by atoms with van der Waals surface area (Å²) in [5.41, 5.74) is 2.20.